The number of aliphatic carboxylic acids is 1. The summed E-state index contributed by atoms with van der Waals surface area (Å²) in [6, 6.07) is 3.42. The normalized spacial score (nSPS) is 10.9. The largest absolute Gasteiger partial charge is 0.481 e. The summed E-state index contributed by atoms with van der Waals surface area (Å²) in [7, 11) is 0. The maximum Gasteiger partial charge on any atom is 0.313 e. The van der Waals surface area contributed by atoms with Crippen molar-refractivity contribution < 1.29 is 9.90 Å². The Bertz CT molecular complexity index is 697. The summed E-state index contributed by atoms with van der Waals surface area (Å²) in [5.41, 5.74) is 2.44. The minimum atomic E-state index is -0.889. The summed E-state index contributed by atoms with van der Waals surface area (Å²) in [5.74, 6) is -0.943. The number of halogens is 2. The molecule has 0 saturated heterocycles. The first kappa shape index (κ1) is 15.2. The standard InChI is InChI=1S/C13H12Cl2N2O2S/c1-7(2)5-17-11-4-9(15)8(14)3-10(11)16-13(17)20-6-12(18)19/h3-4H,1,5-6H2,2H3,(H,18,19). The first-order chi connectivity index (χ1) is 9.38. The van der Waals surface area contributed by atoms with E-state index in [0.717, 1.165) is 22.9 Å². The van der Waals surface area contributed by atoms with Crippen molar-refractivity contribution in [3.63, 3.8) is 0 Å². The van der Waals surface area contributed by atoms with Gasteiger partial charge in [0.1, 0.15) is 0 Å². The quantitative estimate of drug-likeness (QED) is 0.662. The van der Waals surface area contributed by atoms with Crippen LogP contribution in [0.25, 0.3) is 11.0 Å². The highest BCUT2D eigenvalue weighted by molar-refractivity contribution is 7.99. The minimum Gasteiger partial charge on any atom is -0.481 e. The van der Waals surface area contributed by atoms with Crippen LogP contribution in [0.5, 0.6) is 0 Å². The molecule has 2 aromatic rings. The highest BCUT2D eigenvalue weighted by Gasteiger charge is 2.14. The first-order valence-corrected chi connectivity index (χ1v) is 7.47. The first-order valence-electron chi connectivity index (χ1n) is 5.72. The van der Waals surface area contributed by atoms with E-state index in [1.165, 1.54) is 0 Å². The van der Waals surface area contributed by atoms with Crippen LogP contribution in [0.15, 0.2) is 29.4 Å². The fourth-order valence-electron chi connectivity index (χ4n) is 1.76. The van der Waals surface area contributed by atoms with Crippen molar-refractivity contribution in [1.82, 2.24) is 9.55 Å². The molecule has 0 aliphatic rings. The van der Waals surface area contributed by atoms with Crippen molar-refractivity contribution in [3.05, 3.63) is 34.3 Å². The molecule has 0 bridgehead atoms. The maximum absolute atomic E-state index is 10.7. The van der Waals surface area contributed by atoms with E-state index in [0.29, 0.717) is 27.3 Å². The van der Waals surface area contributed by atoms with Gasteiger partial charge in [-0.05, 0) is 19.1 Å². The molecule has 1 aromatic heterocycles. The Labute approximate surface area is 130 Å². The lowest BCUT2D eigenvalue weighted by Crippen LogP contribution is -2.04. The molecule has 7 heteroatoms. The van der Waals surface area contributed by atoms with Crippen LogP contribution in [0.1, 0.15) is 6.92 Å². The second-order valence-electron chi connectivity index (χ2n) is 4.38. The molecule has 0 aliphatic heterocycles. The van der Waals surface area contributed by atoms with Crippen LogP contribution in [0.4, 0.5) is 0 Å². The number of hydrogen-bond donors (Lipinski definition) is 1. The van der Waals surface area contributed by atoms with Crippen LogP contribution < -0.4 is 0 Å². The summed E-state index contributed by atoms with van der Waals surface area (Å²) in [4.78, 5) is 15.1. The van der Waals surface area contributed by atoms with E-state index in [2.05, 4.69) is 11.6 Å². The average Bonchev–Trinajstić information content (AvgIpc) is 2.65. The molecule has 0 spiro atoms. The molecule has 1 aromatic carbocycles. The van der Waals surface area contributed by atoms with E-state index in [1.54, 1.807) is 12.1 Å². The fraction of sp³-hybridized carbons (Fsp3) is 0.231. The second-order valence-corrected chi connectivity index (χ2v) is 6.13. The van der Waals surface area contributed by atoms with Gasteiger partial charge in [0, 0.05) is 6.54 Å². The van der Waals surface area contributed by atoms with Crippen LogP contribution in [0, 0.1) is 0 Å². The van der Waals surface area contributed by atoms with E-state index >= 15 is 0 Å². The summed E-state index contributed by atoms with van der Waals surface area (Å²) in [6.07, 6.45) is 0. The van der Waals surface area contributed by atoms with E-state index in [9.17, 15) is 4.79 Å². The van der Waals surface area contributed by atoms with Crippen molar-refractivity contribution in [2.24, 2.45) is 0 Å². The summed E-state index contributed by atoms with van der Waals surface area (Å²) in [5, 5.41) is 10.3. The molecule has 106 valence electrons. The van der Waals surface area contributed by atoms with Crippen molar-refractivity contribution in [3.8, 4) is 0 Å². The number of benzene rings is 1. The number of nitrogens with zero attached hydrogens (tertiary/aromatic N) is 2. The van der Waals surface area contributed by atoms with Gasteiger partial charge in [0.2, 0.25) is 0 Å². The van der Waals surface area contributed by atoms with Gasteiger partial charge >= 0.3 is 5.97 Å². The lowest BCUT2D eigenvalue weighted by Gasteiger charge is -2.08. The Morgan fingerprint density at radius 1 is 1.45 bits per heavy atom. The third-order valence-corrected chi connectivity index (χ3v) is 4.19. The molecule has 4 nitrogen and oxygen atoms in total. The zero-order valence-corrected chi connectivity index (χ0v) is 13.0. The molecule has 0 amide bonds. The third kappa shape index (κ3) is 3.29. The molecule has 2 rings (SSSR count). The Balaban J connectivity index is 2.54. The predicted octanol–water partition coefficient (Wildman–Crippen LogP) is 4.10. The molecular weight excluding hydrogens is 319 g/mol. The van der Waals surface area contributed by atoms with Crippen LogP contribution in [0.3, 0.4) is 0 Å². The number of hydrogen-bond acceptors (Lipinski definition) is 3. The third-order valence-electron chi connectivity index (χ3n) is 2.51. The van der Waals surface area contributed by atoms with Crippen molar-refractivity contribution in [2.75, 3.05) is 5.75 Å². The average molecular weight is 331 g/mol. The van der Waals surface area contributed by atoms with E-state index in [1.807, 2.05) is 11.5 Å². The fourth-order valence-corrected chi connectivity index (χ4v) is 2.81. The maximum atomic E-state index is 10.7. The lowest BCUT2D eigenvalue weighted by molar-refractivity contribution is -0.133. The van der Waals surface area contributed by atoms with Gasteiger partial charge in [-0.1, -0.05) is 47.1 Å². The molecule has 1 heterocycles. The van der Waals surface area contributed by atoms with Crippen LogP contribution in [0.2, 0.25) is 10.0 Å². The van der Waals surface area contributed by atoms with Gasteiger partial charge in [0.05, 0.1) is 26.8 Å². The van der Waals surface area contributed by atoms with Gasteiger partial charge in [0.25, 0.3) is 0 Å². The molecule has 1 N–H and O–H groups in total. The number of carboxylic acid groups (broad SMARTS) is 1. The molecule has 20 heavy (non-hydrogen) atoms. The summed E-state index contributed by atoms with van der Waals surface area (Å²) >= 11 is 13.2. The van der Waals surface area contributed by atoms with Gasteiger partial charge in [0.15, 0.2) is 5.16 Å². The van der Waals surface area contributed by atoms with E-state index < -0.39 is 5.97 Å². The number of imidazole rings is 1. The highest BCUT2D eigenvalue weighted by atomic mass is 35.5. The smallest absolute Gasteiger partial charge is 0.313 e. The zero-order valence-electron chi connectivity index (χ0n) is 10.7. The van der Waals surface area contributed by atoms with Gasteiger partial charge in [-0.25, -0.2) is 4.98 Å². The van der Waals surface area contributed by atoms with Gasteiger partial charge in [-0.3, -0.25) is 4.79 Å². The number of rotatable bonds is 5. The Morgan fingerprint density at radius 3 is 2.70 bits per heavy atom. The van der Waals surface area contributed by atoms with Crippen LogP contribution in [-0.2, 0) is 11.3 Å². The Kier molecular flexibility index (Phi) is 4.62. The van der Waals surface area contributed by atoms with Crippen molar-refractivity contribution in [1.29, 1.82) is 0 Å². The summed E-state index contributed by atoms with van der Waals surface area (Å²) < 4.78 is 1.90. The molecule has 0 radical (unpaired) electrons. The molecule has 0 saturated carbocycles. The van der Waals surface area contributed by atoms with E-state index in [4.69, 9.17) is 28.3 Å². The van der Waals surface area contributed by atoms with Gasteiger partial charge in [-0.15, -0.1) is 0 Å². The molecule has 0 aliphatic carbocycles. The summed E-state index contributed by atoms with van der Waals surface area (Å²) in [6.45, 7) is 6.33. The number of carboxylic acids is 1. The number of aromatic nitrogens is 2. The minimum absolute atomic E-state index is 0.0546. The topological polar surface area (TPSA) is 55.1 Å². The zero-order chi connectivity index (χ0) is 14.9. The highest BCUT2D eigenvalue weighted by Crippen LogP contribution is 2.31. The molecule has 0 unspecified atom stereocenters. The number of fused-ring (bicyclic) bond motifs is 1. The lowest BCUT2D eigenvalue weighted by atomic mass is 10.3. The number of allylic oxidation sites excluding steroid dienone is 1. The van der Waals surface area contributed by atoms with Gasteiger partial charge < -0.3 is 9.67 Å². The molecule has 0 atom stereocenters. The van der Waals surface area contributed by atoms with Crippen LogP contribution >= 0.6 is 35.0 Å². The Morgan fingerprint density at radius 2 is 2.10 bits per heavy atom. The molecule has 0 fully saturated rings. The number of carbonyl (C=O) groups is 1. The van der Waals surface area contributed by atoms with Crippen molar-refractivity contribution in [2.45, 2.75) is 18.6 Å². The van der Waals surface area contributed by atoms with Crippen molar-refractivity contribution >= 4 is 52.0 Å². The predicted molar refractivity (Wildman–Crippen MR) is 82.9 cm³/mol. The Hall–Kier alpha value is -1.17. The molecular formula is C13H12Cl2N2O2S. The SMILES string of the molecule is C=C(C)Cn1c(SCC(=O)O)nc2cc(Cl)c(Cl)cc21. The number of thioether (sulfide) groups is 1. The van der Waals surface area contributed by atoms with Gasteiger partial charge in [-0.2, -0.15) is 0 Å². The monoisotopic (exact) mass is 330 g/mol. The van der Waals surface area contributed by atoms with E-state index in [-0.39, 0.29) is 5.75 Å². The van der Waals surface area contributed by atoms with Crippen LogP contribution in [-0.4, -0.2) is 26.4 Å². The second kappa shape index (κ2) is 6.08.